The van der Waals surface area contributed by atoms with E-state index in [1.807, 2.05) is 0 Å². The van der Waals surface area contributed by atoms with E-state index in [1.54, 1.807) is 18.2 Å². The summed E-state index contributed by atoms with van der Waals surface area (Å²) >= 11 is 0. The summed E-state index contributed by atoms with van der Waals surface area (Å²) in [5.74, 6) is 0.258. The molecule has 5 nitrogen and oxygen atoms in total. The van der Waals surface area contributed by atoms with Crippen LogP contribution in [0.2, 0.25) is 0 Å². The van der Waals surface area contributed by atoms with Gasteiger partial charge in [-0.25, -0.2) is 4.39 Å². The van der Waals surface area contributed by atoms with E-state index >= 15 is 0 Å². The average molecular weight is 345 g/mol. The van der Waals surface area contributed by atoms with Gasteiger partial charge in [0.2, 0.25) is 5.91 Å². The fraction of sp³-hybridized carbons (Fsp3) is 0.474. The third-order valence-corrected chi connectivity index (χ3v) is 4.77. The number of nitrogens with one attached hydrogen (secondary N) is 1. The van der Waals surface area contributed by atoms with Gasteiger partial charge in [0.1, 0.15) is 11.5 Å². The van der Waals surface area contributed by atoms with Crippen molar-refractivity contribution >= 4 is 5.91 Å². The number of piperidine rings is 1. The highest BCUT2D eigenvalue weighted by Crippen LogP contribution is 2.20. The minimum Gasteiger partial charge on any atom is -0.359 e. The van der Waals surface area contributed by atoms with Crippen molar-refractivity contribution in [3.63, 3.8) is 0 Å². The van der Waals surface area contributed by atoms with Crippen molar-refractivity contribution in [3.05, 3.63) is 41.9 Å². The third-order valence-electron chi connectivity index (χ3n) is 4.77. The molecular formula is C19H24FN3O2. The Morgan fingerprint density at radius 1 is 1.40 bits per heavy atom. The summed E-state index contributed by atoms with van der Waals surface area (Å²) in [6, 6.07) is 8.41. The lowest BCUT2D eigenvalue weighted by Crippen LogP contribution is -2.37. The van der Waals surface area contributed by atoms with Crippen LogP contribution < -0.4 is 5.32 Å². The van der Waals surface area contributed by atoms with Crippen LogP contribution in [0.25, 0.3) is 11.3 Å². The molecule has 0 unspecified atom stereocenters. The Hall–Kier alpha value is -2.21. The topological polar surface area (TPSA) is 58.4 Å². The smallest absolute Gasteiger partial charge is 0.220 e. The van der Waals surface area contributed by atoms with E-state index in [0.717, 1.165) is 13.0 Å². The van der Waals surface area contributed by atoms with Gasteiger partial charge in [-0.1, -0.05) is 23.7 Å². The molecule has 2 heterocycles. The van der Waals surface area contributed by atoms with Crippen molar-refractivity contribution < 1.29 is 13.7 Å². The zero-order valence-corrected chi connectivity index (χ0v) is 14.5. The largest absolute Gasteiger partial charge is 0.359 e. The van der Waals surface area contributed by atoms with Gasteiger partial charge in [-0.05, 0) is 45.0 Å². The second-order valence-electron chi connectivity index (χ2n) is 6.63. The average Bonchev–Trinajstić information content (AvgIpc) is 3.08. The molecule has 1 aliphatic rings. The maximum Gasteiger partial charge on any atom is 0.220 e. The molecule has 0 radical (unpaired) electrons. The zero-order valence-electron chi connectivity index (χ0n) is 14.5. The minimum atomic E-state index is -0.317. The molecular weight excluding hydrogens is 321 g/mol. The Kier molecular flexibility index (Phi) is 5.81. The Balaban J connectivity index is 1.46. The first kappa shape index (κ1) is 17.6. The number of rotatable bonds is 6. The van der Waals surface area contributed by atoms with Gasteiger partial charge in [0.25, 0.3) is 0 Å². The first-order chi connectivity index (χ1) is 12.1. The number of benzene rings is 1. The van der Waals surface area contributed by atoms with Crippen LogP contribution in [0, 0.1) is 5.82 Å². The monoisotopic (exact) mass is 345 g/mol. The van der Waals surface area contributed by atoms with Crippen LogP contribution in [0.3, 0.4) is 0 Å². The van der Waals surface area contributed by atoms with Gasteiger partial charge in [-0.2, -0.15) is 0 Å². The van der Waals surface area contributed by atoms with Crippen LogP contribution in [-0.2, 0) is 11.3 Å². The maximum atomic E-state index is 13.3. The summed E-state index contributed by atoms with van der Waals surface area (Å²) in [7, 11) is 2.13. The molecule has 1 aromatic carbocycles. The lowest BCUT2D eigenvalue weighted by atomic mass is 9.98. The molecule has 1 saturated heterocycles. The molecule has 1 atom stereocenters. The Labute approximate surface area is 147 Å². The molecule has 0 saturated carbocycles. The van der Waals surface area contributed by atoms with E-state index in [-0.39, 0.29) is 11.7 Å². The van der Waals surface area contributed by atoms with Crippen molar-refractivity contribution in [2.45, 2.75) is 44.7 Å². The quantitative estimate of drug-likeness (QED) is 0.872. The summed E-state index contributed by atoms with van der Waals surface area (Å²) in [6.45, 7) is 1.41. The molecule has 2 aromatic rings. The summed E-state index contributed by atoms with van der Waals surface area (Å²) in [5, 5.41) is 6.80. The van der Waals surface area contributed by atoms with Gasteiger partial charge >= 0.3 is 0 Å². The number of halogens is 1. The number of hydrogen-bond acceptors (Lipinski definition) is 4. The van der Waals surface area contributed by atoms with E-state index in [1.165, 1.54) is 31.4 Å². The fourth-order valence-corrected chi connectivity index (χ4v) is 3.26. The summed E-state index contributed by atoms with van der Waals surface area (Å²) in [5.41, 5.74) is 1.22. The van der Waals surface area contributed by atoms with Crippen molar-refractivity contribution in [2.75, 3.05) is 13.6 Å². The van der Waals surface area contributed by atoms with Gasteiger partial charge in [-0.15, -0.1) is 0 Å². The summed E-state index contributed by atoms with van der Waals surface area (Å²) in [4.78, 5) is 14.4. The molecule has 6 heteroatoms. The van der Waals surface area contributed by atoms with Crippen LogP contribution in [0.5, 0.6) is 0 Å². The molecule has 0 bridgehead atoms. The fourth-order valence-electron chi connectivity index (χ4n) is 3.26. The SMILES string of the molecule is CN1CCCC[C@@H]1CCC(=O)NCc1cc(-c2cccc(F)c2)no1. The predicted octanol–water partition coefficient (Wildman–Crippen LogP) is 3.36. The molecule has 1 fully saturated rings. The maximum absolute atomic E-state index is 13.3. The van der Waals surface area contributed by atoms with E-state index in [9.17, 15) is 9.18 Å². The molecule has 1 aromatic heterocycles. The molecule has 0 spiro atoms. The van der Waals surface area contributed by atoms with Crippen LogP contribution in [0.1, 0.15) is 37.9 Å². The molecule has 25 heavy (non-hydrogen) atoms. The number of carbonyl (C=O) groups excluding carboxylic acids is 1. The van der Waals surface area contributed by atoms with Crippen molar-refractivity contribution in [2.24, 2.45) is 0 Å². The van der Waals surface area contributed by atoms with E-state index in [0.29, 0.717) is 36.0 Å². The second-order valence-corrected chi connectivity index (χ2v) is 6.63. The Bertz CT molecular complexity index is 716. The lowest BCUT2D eigenvalue weighted by Gasteiger charge is -2.32. The highest BCUT2D eigenvalue weighted by molar-refractivity contribution is 5.75. The molecule has 1 N–H and O–H groups in total. The van der Waals surface area contributed by atoms with Crippen molar-refractivity contribution in [1.29, 1.82) is 0 Å². The molecule has 1 amide bonds. The molecule has 134 valence electrons. The first-order valence-electron chi connectivity index (χ1n) is 8.80. The van der Waals surface area contributed by atoms with Gasteiger partial charge in [0, 0.05) is 24.1 Å². The van der Waals surface area contributed by atoms with Crippen LogP contribution >= 0.6 is 0 Å². The number of amides is 1. The van der Waals surface area contributed by atoms with E-state index < -0.39 is 0 Å². The second kappa shape index (κ2) is 8.25. The summed E-state index contributed by atoms with van der Waals surface area (Å²) < 4.78 is 18.5. The van der Waals surface area contributed by atoms with Crippen LogP contribution in [0.4, 0.5) is 4.39 Å². The van der Waals surface area contributed by atoms with Crippen molar-refractivity contribution in [3.8, 4) is 11.3 Å². The number of hydrogen-bond donors (Lipinski definition) is 1. The number of aromatic nitrogens is 1. The number of likely N-dealkylation sites (tertiary alicyclic amines) is 1. The molecule has 0 aliphatic carbocycles. The van der Waals surface area contributed by atoms with Gasteiger partial charge < -0.3 is 14.7 Å². The lowest BCUT2D eigenvalue weighted by molar-refractivity contribution is -0.121. The highest BCUT2D eigenvalue weighted by Gasteiger charge is 2.19. The van der Waals surface area contributed by atoms with E-state index in [2.05, 4.69) is 22.4 Å². The van der Waals surface area contributed by atoms with Gasteiger partial charge in [0.15, 0.2) is 5.76 Å². The van der Waals surface area contributed by atoms with Crippen molar-refractivity contribution in [1.82, 2.24) is 15.4 Å². The Morgan fingerprint density at radius 3 is 3.08 bits per heavy atom. The normalized spacial score (nSPS) is 18.2. The first-order valence-corrected chi connectivity index (χ1v) is 8.80. The number of nitrogens with zero attached hydrogens (tertiary/aromatic N) is 2. The third kappa shape index (κ3) is 4.89. The number of carbonyl (C=O) groups is 1. The zero-order chi connectivity index (χ0) is 17.6. The van der Waals surface area contributed by atoms with Gasteiger partial charge in [-0.3, -0.25) is 4.79 Å². The van der Waals surface area contributed by atoms with Crippen LogP contribution in [-0.4, -0.2) is 35.6 Å². The highest BCUT2D eigenvalue weighted by atomic mass is 19.1. The van der Waals surface area contributed by atoms with E-state index in [4.69, 9.17) is 4.52 Å². The Morgan fingerprint density at radius 2 is 2.28 bits per heavy atom. The summed E-state index contributed by atoms with van der Waals surface area (Å²) in [6.07, 6.45) is 5.06. The molecule has 1 aliphatic heterocycles. The minimum absolute atomic E-state index is 0.0164. The van der Waals surface area contributed by atoms with Crippen LogP contribution in [0.15, 0.2) is 34.9 Å². The predicted molar refractivity (Wildman–Crippen MR) is 93.2 cm³/mol. The van der Waals surface area contributed by atoms with Gasteiger partial charge in [0.05, 0.1) is 6.54 Å². The molecule has 3 rings (SSSR count). The standard InChI is InChI=1S/C19H24FN3O2/c1-23-10-3-2-7-16(23)8-9-19(24)21-13-17-12-18(22-25-17)14-5-4-6-15(20)11-14/h4-6,11-12,16H,2-3,7-10,13H2,1H3,(H,21,24)/t16-/m1/s1.